The molecular formula is C27H26N4O5S. The van der Waals surface area contributed by atoms with Crippen molar-refractivity contribution in [2.24, 2.45) is 0 Å². The van der Waals surface area contributed by atoms with Gasteiger partial charge in [0.15, 0.2) is 9.84 Å². The maximum absolute atomic E-state index is 12.8. The number of benzene rings is 1. The molecule has 1 aromatic carbocycles. The Hall–Kier alpha value is -3.73. The van der Waals surface area contributed by atoms with Gasteiger partial charge >= 0.3 is 0 Å². The van der Waals surface area contributed by atoms with Crippen LogP contribution in [0.2, 0.25) is 0 Å². The second-order valence-electron chi connectivity index (χ2n) is 8.77. The molecule has 0 fully saturated rings. The molecule has 4 heterocycles. The van der Waals surface area contributed by atoms with Gasteiger partial charge in [-0.25, -0.2) is 18.4 Å². The lowest BCUT2D eigenvalue weighted by Gasteiger charge is -2.11. The molecule has 1 aliphatic rings. The fraction of sp³-hybridized carbons (Fsp3) is 0.259. The Morgan fingerprint density at radius 1 is 1.11 bits per heavy atom. The molecule has 4 aromatic rings. The number of carbonyl (C=O) groups excluding carboxylic acids is 1. The molecule has 0 saturated carbocycles. The number of rotatable bonds is 6. The number of hydrogen-bond donors (Lipinski definition) is 1. The monoisotopic (exact) mass is 518 g/mol. The van der Waals surface area contributed by atoms with Gasteiger partial charge in [-0.05, 0) is 55.0 Å². The summed E-state index contributed by atoms with van der Waals surface area (Å²) in [6, 6.07) is 16.0. The van der Waals surface area contributed by atoms with Crippen LogP contribution in [0.4, 0.5) is 0 Å². The van der Waals surface area contributed by atoms with Crippen molar-refractivity contribution >= 4 is 26.6 Å². The molecular weight excluding hydrogens is 492 g/mol. The van der Waals surface area contributed by atoms with Crippen molar-refractivity contribution in [3.63, 3.8) is 0 Å². The van der Waals surface area contributed by atoms with Crippen molar-refractivity contribution < 1.29 is 22.7 Å². The number of ether oxygens (including phenoxy) is 2. The second kappa shape index (κ2) is 10.3. The molecule has 0 unspecified atom stereocenters. The van der Waals surface area contributed by atoms with Crippen LogP contribution in [0.15, 0.2) is 65.7 Å². The number of pyridine rings is 3. The number of nitrogens with one attached hydrogen (secondary N) is 1. The fourth-order valence-corrected chi connectivity index (χ4v) is 5.47. The van der Waals surface area contributed by atoms with Gasteiger partial charge in [-0.1, -0.05) is 12.1 Å². The number of aromatic nitrogens is 3. The molecule has 1 aliphatic heterocycles. The Morgan fingerprint density at radius 3 is 2.78 bits per heavy atom. The van der Waals surface area contributed by atoms with Crippen molar-refractivity contribution in [1.29, 1.82) is 0 Å². The molecule has 5 rings (SSSR count). The number of amides is 1. The number of hydrogen-bond acceptors (Lipinski definition) is 8. The summed E-state index contributed by atoms with van der Waals surface area (Å²) in [7, 11) is -1.86. The highest BCUT2D eigenvalue weighted by Gasteiger charge is 2.23. The standard InChI is InChI=1S/C27H26N4O5S/c1-17(35-2)22-4-3-5-23(30-22)24-9-8-19-14-28-21(13-25(19)31-24)15-29-27(32)18-6-7-20-16-36-10-11-37(33,34)26(20)12-18/h3-9,12-14,17H,10-11,15-16H2,1-2H3,(H,29,32)/t17-/m0/s1. The summed E-state index contributed by atoms with van der Waals surface area (Å²) < 4.78 is 35.8. The summed E-state index contributed by atoms with van der Waals surface area (Å²) >= 11 is 0. The molecule has 37 heavy (non-hydrogen) atoms. The zero-order chi connectivity index (χ0) is 26.0. The first-order chi connectivity index (χ1) is 17.8. The number of fused-ring (bicyclic) bond motifs is 2. The Labute approximate surface area is 214 Å². The predicted molar refractivity (Wildman–Crippen MR) is 138 cm³/mol. The third-order valence-electron chi connectivity index (χ3n) is 6.28. The van der Waals surface area contributed by atoms with Gasteiger partial charge in [-0.3, -0.25) is 9.78 Å². The molecule has 1 atom stereocenters. The number of sulfone groups is 1. The van der Waals surface area contributed by atoms with Crippen LogP contribution < -0.4 is 5.32 Å². The molecule has 0 radical (unpaired) electrons. The van der Waals surface area contributed by atoms with Crippen LogP contribution in [0, 0.1) is 0 Å². The van der Waals surface area contributed by atoms with Crippen LogP contribution >= 0.6 is 0 Å². The molecule has 0 aliphatic carbocycles. The number of carbonyl (C=O) groups is 1. The molecule has 0 saturated heterocycles. The van der Waals surface area contributed by atoms with Gasteiger partial charge in [0.25, 0.3) is 5.91 Å². The lowest BCUT2D eigenvalue weighted by molar-refractivity contribution is 0.0950. The molecule has 9 nitrogen and oxygen atoms in total. The highest BCUT2D eigenvalue weighted by molar-refractivity contribution is 7.91. The summed E-state index contributed by atoms with van der Waals surface area (Å²) in [5.41, 5.74) is 4.44. The SMILES string of the molecule is CO[C@@H](C)c1cccc(-c2ccc3cnc(CNC(=O)c4ccc5c(c4)S(=O)(=O)CCOC5)cc3n2)n1. The zero-order valence-electron chi connectivity index (χ0n) is 20.5. The number of methoxy groups -OCH3 is 1. The summed E-state index contributed by atoms with van der Waals surface area (Å²) in [5.74, 6) is -0.494. The molecule has 10 heteroatoms. The first-order valence-electron chi connectivity index (χ1n) is 11.8. The van der Waals surface area contributed by atoms with E-state index in [-0.39, 0.29) is 48.0 Å². The largest absolute Gasteiger partial charge is 0.376 e. The minimum Gasteiger partial charge on any atom is -0.376 e. The smallest absolute Gasteiger partial charge is 0.251 e. The van der Waals surface area contributed by atoms with E-state index >= 15 is 0 Å². The van der Waals surface area contributed by atoms with Crippen molar-refractivity contribution in [2.45, 2.75) is 31.1 Å². The van der Waals surface area contributed by atoms with Gasteiger partial charge < -0.3 is 14.8 Å². The first kappa shape index (κ1) is 24.9. The van der Waals surface area contributed by atoms with E-state index in [2.05, 4.69) is 15.3 Å². The van der Waals surface area contributed by atoms with E-state index in [0.717, 1.165) is 22.3 Å². The highest BCUT2D eigenvalue weighted by atomic mass is 32.2. The van der Waals surface area contributed by atoms with Crippen LogP contribution in [0.3, 0.4) is 0 Å². The van der Waals surface area contributed by atoms with Crippen LogP contribution in [0.25, 0.3) is 22.3 Å². The zero-order valence-corrected chi connectivity index (χ0v) is 21.3. The quantitative estimate of drug-likeness (QED) is 0.411. The Bertz CT molecular complexity index is 1590. The summed E-state index contributed by atoms with van der Waals surface area (Å²) in [6.45, 7) is 2.44. The molecule has 0 spiro atoms. The van der Waals surface area contributed by atoms with Crippen LogP contribution in [-0.2, 0) is 32.5 Å². The number of nitrogens with zero attached hydrogens (tertiary/aromatic N) is 3. The second-order valence-corrected chi connectivity index (χ2v) is 10.8. The van der Waals surface area contributed by atoms with E-state index in [1.54, 1.807) is 25.4 Å². The molecule has 0 bridgehead atoms. The average molecular weight is 519 g/mol. The van der Waals surface area contributed by atoms with Crippen molar-refractivity contribution in [1.82, 2.24) is 20.3 Å². The van der Waals surface area contributed by atoms with Crippen molar-refractivity contribution in [3.05, 3.63) is 83.3 Å². The van der Waals surface area contributed by atoms with Gasteiger partial charge in [-0.15, -0.1) is 0 Å². The lowest BCUT2D eigenvalue weighted by atomic mass is 10.1. The molecule has 1 amide bonds. The van der Waals surface area contributed by atoms with E-state index in [9.17, 15) is 13.2 Å². The van der Waals surface area contributed by atoms with Crippen molar-refractivity contribution in [3.8, 4) is 11.4 Å². The normalized spacial score (nSPS) is 15.5. The highest BCUT2D eigenvalue weighted by Crippen LogP contribution is 2.24. The lowest BCUT2D eigenvalue weighted by Crippen LogP contribution is -2.23. The Kier molecular flexibility index (Phi) is 6.96. The Balaban J connectivity index is 1.35. The average Bonchev–Trinajstić information content (AvgIpc) is 3.08. The maximum atomic E-state index is 12.8. The maximum Gasteiger partial charge on any atom is 0.251 e. The van der Waals surface area contributed by atoms with Gasteiger partial charge in [-0.2, -0.15) is 0 Å². The van der Waals surface area contributed by atoms with Crippen LogP contribution in [0.1, 0.15) is 40.3 Å². The third-order valence-corrected chi connectivity index (χ3v) is 8.04. The van der Waals surface area contributed by atoms with E-state index in [1.165, 1.54) is 6.07 Å². The third kappa shape index (κ3) is 5.36. The topological polar surface area (TPSA) is 120 Å². The molecule has 1 N–H and O–H groups in total. The minimum absolute atomic E-state index is 0.105. The van der Waals surface area contributed by atoms with Crippen LogP contribution in [-0.4, -0.2) is 48.7 Å². The van der Waals surface area contributed by atoms with E-state index in [1.807, 2.05) is 43.3 Å². The first-order valence-corrected chi connectivity index (χ1v) is 13.5. The molecule has 3 aromatic heterocycles. The predicted octanol–water partition coefficient (Wildman–Crippen LogP) is 3.63. The van der Waals surface area contributed by atoms with Crippen molar-refractivity contribution in [2.75, 3.05) is 19.5 Å². The van der Waals surface area contributed by atoms with Gasteiger partial charge in [0.2, 0.25) is 0 Å². The van der Waals surface area contributed by atoms with Crippen LogP contribution in [0.5, 0.6) is 0 Å². The van der Waals surface area contributed by atoms with Gasteiger partial charge in [0.1, 0.15) is 0 Å². The Morgan fingerprint density at radius 2 is 1.95 bits per heavy atom. The van der Waals surface area contributed by atoms with Gasteiger partial charge in [0.05, 0.1) is 64.8 Å². The summed E-state index contributed by atoms with van der Waals surface area (Å²) in [5, 5.41) is 3.68. The minimum atomic E-state index is -3.50. The van der Waals surface area contributed by atoms with E-state index in [4.69, 9.17) is 14.5 Å². The summed E-state index contributed by atoms with van der Waals surface area (Å²) in [4.78, 5) is 26.8. The van der Waals surface area contributed by atoms with E-state index < -0.39 is 9.84 Å². The van der Waals surface area contributed by atoms with E-state index in [0.29, 0.717) is 17.0 Å². The van der Waals surface area contributed by atoms with Gasteiger partial charge in [0, 0.05) is 24.3 Å². The fourth-order valence-electron chi connectivity index (χ4n) is 4.08. The molecule has 190 valence electrons. The summed E-state index contributed by atoms with van der Waals surface area (Å²) in [6.07, 6.45) is 1.58.